The van der Waals surface area contributed by atoms with Gasteiger partial charge in [-0.05, 0) is 18.2 Å². The summed E-state index contributed by atoms with van der Waals surface area (Å²) >= 11 is 1.53. The molecule has 0 bridgehead atoms. The lowest BCUT2D eigenvalue weighted by Gasteiger charge is -2.06. The first-order valence-electron chi connectivity index (χ1n) is 6.06. The maximum atomic E-state index is 13.2. The number of thioether (sulfide) groups is 1. The molecule has 0 spiro atoms. The lowest BCUT2D eigenvalue weighted by Crippen LogP contribution is -2.09. The van der Waals surface area contributed by atoms with Crippen LogP contribution < -0.4 is 5.73 Å². The van der Waals surface area contributed by atoms with E-state index in [4.69, 9.17) is 19.9 Å². The van der Waals surface area contributed by atoms with Crippen LogP contribution in [-0.4, -0.2) is 45.9 Å². The fourth-order valence-corrected chi connectivity index (χ4v) is 2.07. The van der Waals surface area contributed by atoms with Crippen LogP contribution in [0.4, 0.5) is 10.1 Å². The molecule has 1 aromatic carbocycles. The van der Waals surface area contributed by atoms with Crippen molar-refractivity contribution in [3.63, 3.8) is 0 Å². The van der Waals surface area contributed by atoms with Crippen LogP contribution in [0.3, 0.4) is 0 Å². The minimum Gasteiger partial charge on any atom is -0.396 e. The van der Waals surface area contributed by atoms with E-state index in [0.29, 0.717) is 33.0 Å². The molecule has 1 rings (SSSR count). The van der Waals surface area contributed by atoms with E-state index in [-0.39, 0.29) is 11.5 Å². The summed E-state index contributed by atoms with van der Waals surface area (Å²) in [5, 5.41) is 0. The number of anilines is 1. The molecule has 0 aliphatic heterocycles. The van der Waals surface area contributed by atoms with Gasteiger partial charge in [0.1, 0.15) is 5.82 Å². The number of benzene rings is 1. The van der Waals surface area contributed by atoms with E-state index in [2.05, 4.69) is 0 Å². The van der Waals surface area contributed by atoms with Crippen LogP contribution in [0.15, 0.2) is 23.1 Å². The predicted octanol–water partition coefficient (Wildman–Crippen LogP) is 2.18. The van der Waals surface area contributed by atoms with Gasteiger partial charge in [-0.25, -0.2) is 4.39 Å². The number of rotatable bonds is 10. The second kappa shape index (κ2) is 10.0. The maximum Gasteiger partial charge on any atom is 0.147 e. The average molecular weight is 289 g/mol. The van der Waals surface area contributed by atoms with Crippen LogP contribution in [0, 0.1) is 5.82 Å². The van der Waals surface area contributed by atoms with Gasteiger partial charge in [-0.1, -0.05) is 0 Å². The molecular formula is C13H20FNO3S. The number of methoxy groups -OCH3 is 1. The molecule has 1 aromatic rings. The second-order valence-corrected chi connectivity index (χ2v) is 4.92. The predicted molar refractivity (Wildman–Crippen MR) is 75.1 cm³/mol. The Hall–Kier alpha value is -0.820. The van der Waals surface area contributed by atoms with Crippen molar-refractivity contribution >= 4 is 17.4 Å². The Bertz CT molecular complexity index is 366. The molecule has 19 heavy (non-hydrogen) atoms. The highest BCUT2D eigenvalue weighted by Gasteiger charge is 2.00. The van der Waals surface area contributed by atoms with Gasteiger partial charge in [-0.15, -0.1) is 11.8 Å². The van der Waals surface area contributed by atoms with E-state index in [1.807, 2.05) is 0 Å². The molecule has 0 aliphatic rings. The van der Waals surface area contributed by atoms with Gasteiger partial charge in [0.25, 0.3) is 0 Å². The zero-order valence-electron chi connectivity index (χ0n) is 11.1. The summed E-state index contributed by atoms with van der Waals surface area (Å²) in [4.78, 5) is 0.853. The van der Waals surface area contributed by atoms with Crippen molar-refractivity contribution in [3.8, 4) is 0 Å². The summed E-state index contributed by atoms with van der Waals surface area (Å²) < 4.78 is 28.6. The monoisotopic (exact) mass is 289 g/mol. The molecule has 108 valence electrons. The first kappa shape index (κ1) is 16.2. The molecule has 0 heterocycles. The third-order valence-electron chi connectivity index (χ3n) is 2.27. The van der Waals surface area contributed by atoms with Gasteiger partial charge in [0.2, 0.25) is 0 Å². The van der Waals surface area contributed by atoms with Crippen LogP contribution in [0.1, 0.15) is 0 Å². The third kappa shape index (κ3) is 7.37. The summed E-state index contributed by atoms with van der Waals surface area (Å²) in [7, 11) is 1.64. The second-order valence-electron chi connectivity index (χ2n) is 3.75. The van der Waals surface area contributed by atoms with Gasteiger partial charge in [-0.3, -0.25) is 0 Å². The zero-order chi connectivity index (χ0) is 13.9. The van der Waals surface area contributed by atoms with Crippen LogP contribution in [0.5, 0.6) is 0 Å². The quantitative estimate of drug-likeness (QED) is 0.406. The van der Waals surface area contributed by atoms with Crippen molar-refractivity contribution in [1.29, 1.82) is 0 Å². The highest BCUT2D eigenvalue weighted by Crippen LogP contribution is 2.21. The summed E-state index contributed by atoms with van der Waals surface area (Å²) in [6, 6.07) is 4.81. The molecule has 0 aliphatic carbocycles. The Morgan fingerprint density at radius 1 is 1.11 bits per heavy atom. The largest absolute Gasteiger partial charge is 0.396 e. The van der Waals surface area contributed by atoms with Gasteiger partial charge in [0.15, 0.2) is 0 Å². The molecule has 6 heteroatoms. The van der Waals surface area contributed by atoms with E-state index >= 15 is 0 Å². The smallest absolute Gasteiger partial charge is 0.147 e. The molecule has 0 aromatic heterocycles. The van der Waals surface area contributed by atoms with Gasteiger partial charge >= 0.3 is 0 Å². The average Bonchev–Trinajstić information content (AvgIpc) is 2.41. The Morgan fingerprint density at radius 2 is 1.79 bits per heavy atom. The number of hydrogen-bond donors (Lipinski definition) is 1. The first-order valence-corrected chi connectivity index (χ1v) is 7.05. The SMILES string of the molecule is COCCOCCOCCSc1ccc(N)c(F)c1. The molecule has 0 atom stereocenters. The Morgan fingerprint density at radius 3 is 2.47 bits per heavy atom. The normalized spacial score (nSPS) is 10.8. The molecule has 0 radical (unpaired) electrons. The lowest BCUT2D eigenvalue weighted by molar-refractivity contribution is 0.0286. The minimum atomic E-state index is -0.377. The molecule has 0 amide bonds. The van der Waals surface area contributed by atoms with Crippen molar-refractivity contribution in [2.24, 2.45) is 0 Å². The van der Waals surface area contributed by atoms with E-state index in [1.165, 1.54) is 17.8 Å². The summed E-state index contributed by atoms with van der Waals surface area (Å²) in [5.74, 6) is 0.388. The summed E-state index contributed by atoms with van der Waals surface area (Å²) in [5.41, 5.74) is 5.58. The van der Waals surface area contributed by atoms with Crippen LogP contribution in [-0.2, 0) is 14.2 Å². The Kier molecular flexibility index (Phi) is 8.57. The topological polar surface area (TPSA) is 53.7 Å². The fourth-order valence-electron chi connectivity index (χ4n) is 1.28. The van der Waals surface area contributed by atoms with E-state index in [0.717, 1.165) is 10.6 Å². The van der Waals surface area contributed by atoms with Crippen LogP contribution in [0.2, 0.25) is 0 Å². The molecule has 0 saturated carbocycles. The minimum absolute atomic E-state index is 0.175. The maximum absolute atomic E-state index is 13.2. The van der Waals surface area contributed by atoms with Crippen molar-refractivity contribution in [2.45, 2.75) is 4.90 Å². The van der Waals surface area contributed by atoms with Crippen LogP contribution in [0.25, 0.3) is 0 Å². The molecule has 2 N–H and O–H groups in total. The first-order chi connectivity index (χ1) is 9.24. The van der Waals surface area contributed by atoms with Gasteiger partial charge in [0.05, 0.1) is 38.7 Å². The lowest BCUT2D eigenvalue weighted by atomic mass is 10.3. The molecule has 0 fully saturated rings. The van der Waals surface area contributed by atoms with E-state index in [1.54, 1.807) is 19.2 Å². The van der Waals surface area contributed by atoms with Crippen molar-refractivity contribution in [1.82, 2.24) is 0 Å². The standard InChI is InChI=1S/C13H20FNO3S/c1-16-4-5-17-6-7-18-8-9-19-11-2-3-13(15)12(14)10-11/h2-3,10H,4-9,15H2,1H3. The Labute approximate surface area is 117 Å². The number of halogens is 1. The van der Waals surface area contributed by atoms with Crippen molar-refractivity contribution in [3.05, 3.63) is 24.0 Å². The molecule has 0 unspecified atom stereocenters. The summed E-state index contributed by atoms with van der Waals surface area (Å²) in [6.45, 7) is 2.90. The van der Waals surface area contributed by atoms with Crippen molar-refractivity contribution in [2.75, 3.05) is 51.6 Å². The highest BCUT2D eigenvalue weighted by molar-refractivity contribution is 7.99. The number of nitrogen functional groups attached to an aromatic ring is 1. The van der Waals surface area contributed by atoms with Gasteiger partial charge in [0, 0.05) is 17.8 Å². The summed E-state index contributed by atoms with van der Waals surface area (Å²) in [6.07, 6.45) is 0. The number of ether oxygens (including phenoxy) is 3. The molecular weight excluding hydrogens is 269 g/mol. The van der Waals surface area contributed by atoms with E-state index in [9.17, 15) is 4.39 Å². The molecule has 4 nitrogen and oxygen atoms in total. The van der Waals surface area contributed by atoms with Gasteiger partial charge < -0.3 is 19.9 Å². The Balaban J connectivity index is 2.00. The van der Waals surface area contributed by atoms with E-state index < -0.39 is 0 Å². The highest BCUT2D eigenvalue weighted by atomic mass is 32.2. The third-order valence-corrected chi connectivity index (χ3v) is 3.23. The van der Waals surface area contributed by atoms with Gasteiger partial charge in [-0.2, -0.15) is 0 Å². The zero-order valence-corrected chi connectivity index (χ0v) is 11.9. The molecule has 0 saturated heterocycles. The van der Waals surface area contributed by atoms with Crippen LogP contribution >= 0.6 is 11.8 Å². The fraction of sp³-hybridized carbons (Fsp3) is 0.538. The number of nitrogens with two attached hydrogens (primary N) is 1. The number of hydrogen-bond acceptors (Lipinski definition) is 5. The van der Waals surface area contributed by atoms with Crippen molar-refractivity contribution < 1.29 is 18.6 Å².